The van der Waals surface area contributed by atoms with Crippen molar-refractivity contribution in [3.8, 4) is 5.75 Å². The highest BCUT2D eigenvalue weighted by Gasteiger charge is 2.25. The maximum absolute atomic E-state index is 12.3. The summed E-state index contributed by atoms with van der Waals surface area (Å²) in [4.78, 5) is 14.5. The normalized spacial score (nSPS) is 14.0. The van der Waals surface area contributed by atoms with E-state index in [9.17, 15) is 4.79 Å². The molecule has 1 aliphatic rings. The first-order chi connectivity index (χ1) is 15.5. The second kappa shape index (κ2) is 9.70. The number of aromatic nitrogens is 2. The third-order valence-corrected chi connectivity index (χ3v) is 5.36. The van der Waals surface area contributed by atoms with Gasteiger partial charge in [-0.15, -0.1) is 0 Å². The Hall–Kier alpha value is -3.58. The summed E-state index contributed by atoms with van der Waals surface area (Å²) >= 11 is 0. The summed E-state index contributed by atoms with van der Waals surface area (Å²) in [6.07, 6.45) is 3.44. The Morgan fingerprint density at radius 1 is 1.16 bits per heavy atom. The molecular weight excluding hydrogens is 402 g/mol. The molecule has 0 atom stereocenters. The molecule has 0 fully saturated rings. The summed E-state index contributed by atoms with van der Waals surface area (Å²) in [6, 6.07) is 15.9. The second-order valence-corrected chi connectivity index (χ2v) is 8.25. The van der Waals surface area contributed by atoms with Crippen LogP contribution in [0.3, 0.4) is 0 Å². The van der Waals surface area contributed by atoms with Gasteiger partial charge in [0, 0.05) is 36.5 Å². The number of ether oxygens (including phenoxy) is 1. The number of nitrogens with one attached hydrogen (secondary N) is 3. The van der Waals surface area contributed by atoms with Crippen molar-refractivity contribution in [3.63, 3.8) is 0 Å². The fraction of sp³-hybridized carbons (Fsp3) is 0.280. The number of benzene rings is 2. The zero-order chi connectivity index (χ0) is 22.5. The summed E-state index contributed by atoms with van der Waals surface area (Å²) in [5.74, 6) is 1.52. The van der Waals surface area contributed by atoms with E-state index in [4.69, 9.17) is 4.74 Å². The van der Waals surface area contributed by atoms with Gasteiger partial charge in [-0.05, 0) is 56.8 Å². The van der Waals surface area contributed by atoms with E-state index < -0.39 is 0 Å². The lowest BCUT2D eigenvalue weighted by molar-refractivity contribution is -0.110. The van der Waals surface area contributed by atoms with Gasteiger partial charge in [0.15, 0.2) is 0 Å². The van der Waals surface area contributed by atoms with E-state index in [0.717, 1.165) is 52.6 Å². The molecule has 1 amide bonds. The molecule has 0 spiro atoms. The number of hydrogen-bond acceptors (Lipinski definition) is 5. The van der Waals surface area contributed by atoms with Crippen molar-refractivity contribution in [2.45, 2.75) is 19.8 Å². The molecule has 3 N–H and O–H groups in total. The largest absolute Gasteiger partial charge is 0.494 e. The van der Waals surface area contributed by atoms with Crippen LogP contribution < -0.4 is 15.4 Å². The molecule has 0 bridgehead atoms. The Morgan fingerprint density at radius 2 is 1.97 bits per heavy atom. The molecule has 0 saturated carbocycles. The molecule has 0 saturated heterocycles. The lowest BCUT2D eigenvalue weighted by Gasteiger charge is -2.10. The number of H-pyrrole nitrogens is 1. The average Bonchev–Trinajstić information content (AvgIpc) is 3.34. The SMILES string of the molecule is Cc1cccc2c1C(=CNc1cc(Cc3ccc(OCCCN(C)C)cc3)n[nH]1)C(=O)N2. The van der Waals surface area contributed by atoms with Gasteiger partial charge in [-0.1, -0.05) is 24.3 Å². The highest BCUT2D eigenvalue weighted by molar-refractivity contribution is 6.32. The molecule has 4 rings (SSSR count). The minimum Gasteiger partial charge on any atom is -0.494 e. The van der Waals surface area contributed by atoms with Gasteiger partial charge >= 0.3 is 0 Å². The Balaban J connectivity index is 1.34. The molecule has 0 aliphatic carbocycles. The van der Waals surface area contributed by atoms with Gasteiger partial charge < -0.3 is 20.3 Å². The first-order valence-corrected chi connectivity index (χ1v) is 10.8. The van der Waals surface area contributed by atoms with Gasteiger partial charge in [0.2, 0.25) is 0 Å². The van der Waals surface area contributed by atoms with E-state index in [1.165, 1.54) is 0 Å². The predicted octanol–water partition coefficient (Wildman–Crippen LogP) is 4.04. The maximum atomic E-state index is 12.3. The number of amides is 1. The van der Waals surface area contributed by atoms with Crippen LogP contribution in [0.1, 0.15) is 28.8 Å². The topological polar surface area (TPSA) is 82.3 Å². The highest BCUT2D eigenvalue weighted by Crippen LogP contribution is 2.34. The fourth-order valence-electron chi connectivity index (χ4n) is 3.73. The monoisotopic (exact) mass is 431 g/mol. The third kappa shape index (κ3) is 5.18. The molecule has 0 unspecified atom stereocenters. The number of carbonyl (C=O) groups is 1. The second-order valence-electron chi connectivity index (χ2n) is 8.25. The first-order valence-electron chi connectivity index (χ1n) is 10.8. The van der Waals surface area contributed by atoms with E-state index in [-0.39, 0.29) is 5.91 Å². The summed E-state index contributed by atoms with van der Waals surface area (Å²) in [5.41, 5.74) is 5.53. The molecule has 3 aromatic rings. The number of carbonyl (C=O) groups excluding carboxylic acids is 1. The fourth-order valence-corrected chi connectivity index (χ4v) is 3.73. The summed E-state index contributed by atoms with van der Waals surface area (Å²) < 4.78 is 5.79. The minimum absolute atomic E-state index is 0.106. The lowest BCUT2D eigenvalue weighted by atomic mass is 10.0. The molecule has 0 radical (unpaired) electrons. The molecule has 32 heavy (non-hydrogen) atoms. The van der Waals surface area contributed by atoms with Gasteiger partial charge in [-0.2, -0.15) is 5.10 Å². The van der Waals surface area contributed by atoms with Gasteiger partial charge in [0.25, 0.3) is 5.91 Å². The van der Waals surface area contributed by atoms with Crippen molar-refractivity contribution >= 4 is 23.0 Å². The van der Waals surface area contributed by atoms with E-state index in [0.29, 0.717) is 18.6 Å². The Bertz CT molecular complexity index is 1120. The van der Waals surface area contributed by atoms with Crippen LogP contribution in [0, 0.1) is 6.92 Å². The van der Waals surface area contributed by atoms with Crippen molar-refractivity contribution in [1.82, 2.24) is 15.1 Å². The van der Waals surface area contributed by atoms with Crippen LogP contribution in [0.2, 0.25) is 0 Å². The van der Waals surface area contributed by atoms with Crippen molar-refractivity contribution in [1.29, 1.82) is 0 Å². The Labute approximate surface area is 188 Å². The number of nitrogens with zero attached hydrogens (tertiary/aromatic N) is 2. The molecule has 2 heterocycles. The zero-order valence-electron chi connectivity index (χ0n) is 18.7. The molecule has 2 aromatic carbocycles. The molecular formula is C25H29N5O2. The number of aryl methyl sites for hydroxylation is 1. The van der Waals surface area contributed by atoms with Crippen LogP contribution in [0.25, 0.3) is 5.57 Å². The lowest BCUT2D eigenvalue weighted by Crippen LogP contribution is -2.15. The van der Waals surface area contributed by atoms with Gasteiger partial charge in [0.05, 0.1) is 17.9 Å². The van der Waals surface area contributed by atoms with Crippen molar-refractivity contribution in [2.24, 2.45) is 0 Å². The predicted molar refractivity (Wildman–Crippen MR) is 128 cm³/mol. The highest BCUT2D eigenvalue weighted by atomic mass is 16.5. The number of fused-ring (bicyclic) bond motifs is 1. The molecule has 7 nitrogen and oxygen atoms in total. The van der Waals surface area contributed by atoms with Gasteiger partial charge in [-0.25, -0.2) is 0 Å². The molecule has 1 aliphatic heterocycles. The third-order valence-electron chi connectivity index (χ3n) is 5.36. The van der Waals surface area contributed by atoms with E-state index >= 15 is 0 Å². The minimum atomic E-state index is -0.106. The van der Waals surface area contributed by atoms with Gasteiger partial charge in [0.1, 0.15) is 11.6 Å². The molecule has 1 aromatic heterocycles. The maximum Gasteiger partial charge on any atom is 0.257 e. The Kier molecular flexibility index (Phi) is 6.56. The number of aromatic amines is 1. The van der Waals surface area contributed by atoms with Crippen LogP contribution in [-0.2, 0) is 11.2 Å². The van der Waals surface area contributed by atoms with Gasteiger partial charge in [-0.3, -0.25) is 9.89 Å². The average molecular weight is 432 g/mol. The van der Waals surface area contributed by atoms with Crippen LogP contribution in [0.5, 0.6) is 5.75 Å². The standard InChI is InChI=1S/C25H29N5O2/c1-17-6-4-7-22-24(17)21(25(31)27-22)16-26-23-15-19(28-29-23)14-18-8-10-20(11-9-18)32-13-5-12-30(2)3/h4,6-11,15-16H,5,12-14H2,1-3H3,(H,27,31)(H2,26,28,29). The summed E-state index contributed by atoms with van der Waals surface area (Å²) in [7, 11) is 4.13. The molecule has 166 valence electrons. The molecule has 7 heteroatoms. The van der Waals surface area contributed by atoms with E-state index in [2.05, 4.69) is 52.0 Å². The number of hydrogen-bond donors (Lipinski definition) is 3. The zero-order valence-corrected chi connectivity index (χ0v) is 18.7. The van der Waals surface area contributed by atoms with Crippen molar-refractivity contribution in [2.75, 3.05) is 37.9 Å². The van der Waals surface area contributed by atoms with E-state index in [1.54, 1.807) is 6.20 Å². The summed E-state index contributed by atoms with van der Waals surface area (Å²) in [6.45, 7) is 3.73. The smallest absolute Gasteiger partial charge is 0.257 e. The van der Waals surface area contributed by atoms with Crippen LogP contribution in [0.4, 0.5) is 11.5 Å². The Morgan fingerprint density at radius 3 is 2.75 bits per heavy atom. The van der Waals surface area contributed by atoms with E-state index in [1.807, 2.05) is 43.3 Å². The van der Waals surface area contributed by atoms with Crippen LogP contribution in [-0.4, -0.2) is 48.3 Å². The van der Waals surface area contributed by atoms with Crippen LogP contribution in [0.15, 0.2) is 54.7 Å². The van der Waals surface area contributed by atoms with Crippen molar-refractivity contribution < 1.29 is 9.53 Å². The number of anilines is 2. The van der Waals surface area contributed by atoms with Crippen LogP contribution >= 0.6 is 0 Å². The number of rotatable bonds is 9. The quantitative estimate of drug-likeness (QED) is 0.352. The van der Waals surface area contributed by atoms with Crippen molar-refractivity contribution in [3.05, 3.63) is 77.1 Å². The summed E-state index contributed by atoms with van der Waals surface area (Å²) in [5, 5.41) is 13.5. The first kappa shape index (κ1) is 21.6.